The van der Waals surface area contributed by atoms with Crippen molar-refractivity contribution in [3.05, 3.63) is 36.1 Å². The highest BCUT2D eigenvalue weighted by Crippen LogP contribution is 2.34. The third-order valence-corrected chi connectivity index (χ3v) is 3.19. The van der Waals surface area contributed by atoms with Crippen LogP contribution in [0.4, 0.5) is 0 Å². The number of rotatable bonds is 2. The molecule has 1 aliphatic rings. The summed E-state index contributed by atoms with van der Waals surface area (Å²) in [6.07, 6.45) is 5.11. The van der Waals surface area contributed by atoms with E-state index >= 15 is 0 Å². The number of hydrogen-bond donors (Lipinski definition) is 1. The summed E-state index contributed by atoms with van der Waals surface area (Å²) in [6.45, 7) is 1.97. The predicted molar refractivity (Wildman–Crippen MR) is 68.2 cm³/mol. The van der Waals surface area contributed by atoms with Gasteiger partial charge in [0.1, 0.15) is 0 Å². The Morgan fingerprint density at radius 2 is 2.29 bits per heavy atom. The Labute approximate surface area is 100 Å². The zero-order chi connectivity index (χ0) is 11.7. The fraction of sp³-hybridized carbons (Fsp3) is 0.286. The first kappa shape index (κ1) is 10.4. The molecule has 0 unspecified atom stereocenters. The Bertz CT molecular complexity index is 569. The monoisotopic (exact) mass is 229 g/mol. The van der Waals surface area contributed by atoms with Crippen molar-refractivity contribution >= 4 is 16.5 Å². The lowest BCUT2D eigenvalue weighted by Gasteiger charge is -2.12. The molecule has 3 heteroatoms. The SMILES string of the molecule is COc1cccc2c(C3=CCNCC3)coc12. The van der Waals surface area contributed by atoms with Crippen LogP contribution in [0, 0.1) is 0 Å². The van der Waals surface area contributed by atoms with Crippen molar-refractivity contribution in [3.8, 4) is 5.75 Å². The molecule has 2 heterocycles. The fourth-order valence-electron chi connectivity index (χ4n) is 2.31. The quantitative estimate of drug-likeness (QED) is 0.859. The zero-order valence-electron chi connectivity index (χ0n) is 9.82. The molecular weight excluding hydrogens is 214 g/mol. The third-order valence-electron chi connectivity index (χ3n) is 3.19. The van der Waals surface area contributed by atoms with Crippen molar-refractivity contribution in [3.63, 3.8) is 0 Å². The average molecular weight is 229 g/mol. The van der Waals surface area contributed by atoms with Gasteiger partial charge >= 0.3 is 0 Å². The minimum absolute atomic E-state index is 0.795. The number of ether oxygens (including phenoxy) is 1. The highest BCUT2D eigenvalue weighted by molar-refractivity contribution is 5.94. The van der Waals surface area contributed by atoms with Crippen LogP contribution in [-0.4, -0.2) is 20.2 Å². The first-order valence-electron chi connectivity index (χ1n) is 5.84. The summed E-state index contributed by atoms with van der Waals surface area (Å²) in [7, 11) is 1.67. The first-order chi connectivity index (χ1) is 8.40. The van der Waals surface area contributed by atoms with Crippen molar-refractivity contribution in [1.82, 2.24) is 5.32 Å². The molecule has 17 heavy (non-hydrogen) atoms. The molecule has 1 aromatic carbocycles. The van der Waals surface area contributed by atoms with Gasteiger partial charge in [-0.2, -0.15) is 0 Å². The van der Waals surface area contributed by atoms with Gasteiger partial charge in [0.2, 0.25) is 0 Å². The van der Waals surface area contributed by atoms with Crippen LogP contribution in [0.25, 0.3) is 16.5 Å². The first-order valence-corrected chi connectivity index (χ1v) is 5.84. The van der Waals surface area contributed by atoms with Gasteiger partial charge in [0, 0.05) is 17.5 Å². The number of hydrogen-bond acceptors (Lipinski definition) is 3. The Kier molecular flexibility index (Phi) is 2.61. The lowest BCUT2D eigenvalue weighted by molar-refractivity contribution is 0.410. The van der Waals surface area contributed by atoms with E-state index in [1.807, 2.05) is 18.4 Å². The minimum Gasteiger partial charge on any atom is -0.493 e. The second kappa shape index (κ2) is 4.26. The molecule has 0 amide bonds. The molecule has 0 saturated heterocycles. The Hall–Kier alpha value is -1.74. The van der Waals surface area contributed by atoms with E-state index in [1.165, 1.54) is 11.1 Å². The van der Waals surface area contributed by atoms with Gasteiger partial charge in [-0.1, -0.05) is 18.2 Å². The van der Waals surface area contributed by atoms with E-state index in [0.29, 0.717) is 0 Å². The highest BCUT2D eigenvalue weighted by Gasteiger charge is 2.14. The molecule has 3 rings (SSSR count). The van der Waals surface area contributed by atoms with Crippen molar-refractivity contribution in [2.75, 3.05) is 20.2 Å². The Morgan fingerprint density at radius 1 is 1.35 bits per heavy atom. The van der Waals surface area contributed by atoms with Crippen LogP contribution in [0.15, 0.2) is 35.0 Å². The van der Waals surface area contributed by atoms with Gasteiger partial charge in [-0.15, -0.1) is 0 Å². The lowest BCUT2D eigenvalue weighted by Crippen LogP contribution is -2.19. The molecule has 1 N–H and O–H groups in total. The van der Waals surface area contributed by atoms with E-state index in [1.54, 1.807) is 7.11 Å². The maximum absolute atomic E-state index is 5.64. The number of nitrogens with one attached hydrogen (secondary N) is 1. The van der Waals surface area contributed by atoms with Crippen LogP contribution >= 0.6 is 0 Å². The van der Waals surface area contributed by atoms with Gasteiger partial charge in [0.05, 0.1) is 13.4 Å². The summed E-state index contributed by atoms with van der Waals surface area (Å²) >= 11 is 0. The number of furan rings is 1. The van der Waals surface area contributed by atoms with E-state index < -0.39 is 0 Å². The molecule has 0 fully saturated rings. The van der Waals surface area contributed by atoms with Crippen LogP contribution < -0.4 is 10.1 Å². The molecular formula is C14H15NO2. The molecule has 3 nitrogen and oxygen atoms in total. The smallest absolute Gasteiger partial charge is 0.176 e. The predicted octanol–water partition coefficient (Wildman–Crippen LogP) is 2.82. The maximum atomic E-state index is 5.64. The number of fused-ring (bicyclic) bond motifs is 1. The molecule has 88 valence electrons. The van der Waals surface area contributed by atoms with Crippen LogP contribution in [-0.2, 0) is 0 Å². The van der Waals surface area contributed by atoms with Crippen LogP contribution in [0.3, 0.4) is 0 Å². The van der Waals surface area contributed by atoms with Gasteiger partial charge in [-0.05, 0) is 24.6 Å². The normalized spacial score (nSPS) is 15.9. The van der Waals surface area contributed by atoms with Gasteiger partial charge in [-0.3, -0.25) is 0 Å². The van der Waals surface area contributed by atoms with E-state index in [4.69, 9.17) is 9.15 Å². The summed E-state index contributed by atoms with van der Waals surface area (Å²) in [5.74, 6) is 0.795. The van der Waals surface area contributed by atoms with E-state index in [-0.39, 0.29) is 0 Å². The molecule has 0 saturated carbocycles. The summed E-state index contributed by atoms with van der Waals surface area (Å²) in [4.78, 5) is 0. The summed E-state index contributed by atoms with van der Waals surface area (Å²) in [6, 6.07) is 6.01. The molecule has 0 spiro atoms. The standard InChI is InChI=1S/C14H15NO2/c1-16-13-4-2-3-11-12(9-17-14(11)13)10-5-7-15-8-6-10/h2-5,9,15H,6-8H2,1H3. The summed E-state index contributed by atoms with van der Waals surface area (Å²) in [5.41, 5.74) is 3.39. The molecule has 0 radical (unpaired) electrons. The van der Waals surface area contributed by atoms with Crippen molar-refractivity contribution in [1.29, 1.82) is 0 Å². The summed E-state index contributed by atoms with van der Waals surface area (Å²) in [5, 5.41) is 4.45. The fourth-order valence-corrected chi connectivity index (χ4v) is 2.31. The van der Waals surface area contributed by atoms with E-state index in [9.17, 15) is 0 Å². The Morgan fingerprint density at radius 3 is 3.06 bits per heavy atom. The maximum Gasteiger partial charge on any atom is 0.176 e. The molecule has 0 bridgehead atoms. The zero-order valence-corrected chi connectivity index (χ0v) is 9.82. The van der Waals surface area contributed by atoms with Crippen molar-refractivity contribution in [2.45, 2.75) is 6.42 Å². The number of para-hydroxylation sites is 1. The number of methoxy groups -OCH3 is 1. The molecule has 0 atom stereocenters. The largest absolute Gasteiger partial charge is 0.493 e. The second-order valence-electron chi connectivity index (χ2n) is 4.17. The van der Waals surface area contributed by atoms with Gasteiger partial charge in [0.25, 0.3) is 0 Å². The topological polar surface area (TPSA) is 34.4 Å². The summed E-state index contributed by atoms with van der Waals surface area (Å²) < 4.78 is 10.9. The second-order valence-corrected chi connectivity index (χ2v) is 4.17. The van der Waals surface area contributed by atoms with Crippen LogP contribution in [0.2, 0.25) is 0 Å². The minimum atomic E-state index is 0.795. The van der Waals surface area contributed by atoms with Gasteiger partial charge < -0.3 is 14.5 Å². The van der Waals surface area contributed by atoms with Crippen molar-refractivity contribution in [2.24, 2.45) is 0 Å². The molecule has 1 aromatic heterocycles. The number of benzene rings is 1. The average Bonchev–Trinajstić information content (AvgIpc) is 2.83. The van der Waals surface area contributed by atoms with Crippen molar-refractivity contribution < 1.29 is 9.15 Å². The van der Waals surface area contributed by atoms with Gasteiger partial charge in [0.15, 0.2) is 11.3 Å². The molecule has 1 aliphatic heterocycles. The van der Waals surface area contributed by atoms with Crippen LogP contribution in [0.1, 0.15) is 12.0 Å². The molecule has 2 aromatic rings. The highest BCUT2D eigenvalue weighted by atomic mass is 16.5. The van der Waals surface area contributed by atoms with E-state index in [2.05, 4.69) is 17.5 Å². The Balaban J connectivity index is 2.15. The lowest BCUT2D eigenvalue weighted by atomic mass is 10.00. The third kappa shape index (κ3) is 1.72. The molecule has 0 aliphatic carbocycles. The van der Waals surface area contributed by atoms with Gasteiger partial charge in [-0.25, -0.2) is 0 Å². The van der Waals surface area contributed by atoms with Crippen LogP contribution in [0.5, 0.6) is 5.75 Å². The van der Waals surface area contributed by atoms with E-state index in [0.717, 1.165) is 36.2 Å².